The van der Waals surface area contributed by atoms with Crippen molar-refractivity contribution in [2.24, 2.45) is 0 Å². The molecular weight excluding hydrogens is 176 g/mol. The number of ketones is 1. The summed E-state index contributed by atoms with van der Waals surface area (Å²) in [7, 11) is 1.35. The zero-order valence-corrected chi connectivity index (χ0v) is 7.99. The highest BCUT2D eigenvalue weighted by atomic mass is 16.5. The topological polar surface area (TPSA) is 80.7 Å². The number of Topliss-reactive ketones (excluding diaryl/α,β-unsaturated/α-hetero) is 1. The molecule has 0 aromatic carbocycles. The molecule has 5 nitrogen and oxygen atoms in total. The maximum absolute atomic E-state index is 10.2. The summed E-state index contributed by atoms with van der Waals surface area (Å²) in [6.45, 7) is 3.01. The predicted molar refractivity (Wildman–Crippen MR) is 45.2 cm³/mol. The predicted octanol–water partition coefficient (Wildman–Crippen LogP) is 0.619. The van der Waals surface area contributed by atoms with E-state index in [0.29, 0.717) is 6.42 Å². The van der Waals surface area contributed by atoms with Gasteiger partial charge in [0.1, 0.15) is 12.2 Å². The van der Waals surface area contributed by atoms with Crippen molar-refractivity contribution in [2.45, 2.75) is 26.7 Å². The lowest BCUT2D eigenvalue weighted by Crippen LogP contribution is -2.04. The van der Waals surface area contributed by atoms with Gasteiger partial charge in [0.2, 0.25) is 0 Å². The number of rotatable bonds is 3. The number of hydrogen-bond donors (Lipinski definition) is 1. The largest absolute Gasteiger partial charge is 0.481 e. The molecule has 0 aromatic rings. The van der Waals surface area contributed by atoms with Gasteiger partial charge in [-0.25, -0.2) is 0 Å². The number of methoxy groups -OCH3 is 1. The molecule has 0 rings (SSSR count). The second-order valence-corrected chi connectivity index (χ2v) is 2.16. The normalized spacial score (nSPS) is 7.92. The zero-order chi connectivity index (χ0) is 10.9. The summed E-state index contributed by atoms with van der Waals surface area (Å²) < 4.78 is 4.11. The van der Waals surface area contributed by atoms with Gasteiger partial charge in [0.15, 0.2) is 0 Å². The summed E-state index contributed by atoms with van der Waals surface area (Å²) in [5.41, 5.74) is 0. The van der Waals surface area contributed by atoms with Gasteiger partial charge in [-0.15, -0.1) is 0 Å². The first kappa shape index (κ1) is 14.2. The molecule has 0 spiro atoms. The third-order valence-corrected chi connectivity index (χ3v) is 1.03. The number of esters is 1. The van der Waals surface area contributed by atoms with Gasteiger partial charge in [-0.05, 0) is 0 Å². The van der Waals surface area contributed by atoms with E-state index in [9.17, 15) is 14.4 Å². The Morgan fingerprint density at radius 1 is 1.31 bits per heavy atom. The van der Waals surface area contributed by atoms with Gasteiger partial charge in [-0.2, -0.15) is 0 Å². The average Bonchev–Trinajstić information content (AvgIpc) is 2.04. The molecule has 0 saturated carbocycles. The highest BCUT2D eigenvalue weighted by Gasteiger charge is 2.02. The molecule has 0 aliphatic heterocycles. The Kier molecular flexibility index (Phi) is 9.48. The molecule has 1 N–H and O–H groups in total. The van der Waals surface area contributed by atoms with Crippen molar-refractivity contribution in [3.8, 4) is 0 Å². The summed E-state index contributed by atoms with van der Waals surface area (Å²) >= 11 is 0. The Hall–Kier alpha value is -1.39. The lowest BCUT2D eigenvalue weighted by molar-refractivity contribution is -0.140. The molecule has 0 atom stereocenters. The minimum absolute atomic E-state index is 0.225. The third-order valence-electron chi connectivity index (χ3n) is 1.03. The van der Waals surface area contributed by atoms with E-state index in [2.05, 4.69) is 4.74 Å². The van der Waals surface area contributed by atoms with E-state index in [4.69, 9.17) is 5.11 Å². The fraction of sp³-hybridized carbons (Fsp3) is 0.625. The van der Waals surface area contributed by atoms with E-state index < -0.39 is 5.97 Å². The van der Waals surface area contributed by atoms with Crippen LogP contribution in [0.5, 0.6) is 0 Å². The van der Waals surface area contributed by atoms with Crippen molar-refractivity contribution in [3.05, 3.63) is 0 Å². The zero-order valence-electron chi connectivity index (χ0n) is 7.99. The standard InChI is InChI=1S/C5H8O3.C3H6O2/c1-2-4(6)3-5(7)8;1-3(4)5-2/h2-3H2,1H3,(H,7,8);1-2H3. The van der Waals surface area contributed by atoms with Crippen LogP contribution in [0.4, 0.5) is 0 Å². The van der Waals surface area contributed by atoms with Crippen LogP contribution in [-0.2, 0) is 19.1 Å². The van der Waals surface area contributed by atoms with Crippen LogP contribution in [0.2, 0.25) is 0 Å². The fourth-order valence-electron chi connectivity index (χ4n) is 0.294. The van der Waals surface area contributed by atoms with Crippen LogP contribution in [0.15, 0.2) is 0 Å². The van der Waals surface area contributed by atoms with Crippen molar-refractivity contribution in [3.63, 3.8) is 0 Å². The summed E-state index contributed by atoms with van der Waals surface area (Å²) in [4.78, 5) is 29.6. The number of ether oxygens (including phenoxy) is 1. The number of carbonyl (C=O) groups is 3. The third kappa shape index (κ3) is 18.0. The van der Waals surface area contributed by atoms with Crippen molar-refractivity contribution in [1.82, 2.24) is 0 Å². The number of carbonyl (C=O) groups excluding carboxylic acids is 2. The van der Waals surface area contributed by atoms with Crippen LogP contribution < -0.4 is 0 Å². The Bertz CT molecular complexity index is 185. The SMILES string of the molecule is CCC(=O)CC(=O)O.COC(C)=O. The van der Waals surface area contributed by atoms with Gasteiger partial charge in [-0.3, -0.25) is 14.4 Å². The highest BCUT2D eigenvalue weighted by molar-refractivity contribution is 5.94. The number of aliphatic carboxylic acids is 1. The first-order valence-corrected chi connectivity index (χ1v) is 3.72. The molecule has 0 bridgehead atoms. The molecule has 0 aromatic heterocycles. The molecule has 0 fully saturated rings. The smallest absolute Gasteiger partial charge is 0.310 e. The number of carboxylic acids is 1. The molecule has 0 radical (unpaired) electrons. The molecule has 0 aliphatic rings. The summed E-state index contributed by atoms with van der Waals surface area (Å²) in [6.07, 6.45) is -0.0250. The molecule has 76 valence electrons. The van der Waals surface area contributed by atoms with Gasteiger partial charge in [0.25, 0.3) is 0 Å². The van der Waals surface area contributed by atoms with Crippen molar-refractivity contribution in [2.75, 3.05) is 7.11 Å². The van der Waals surface area contributed by atoms with Crippen molar-refractivity contribution < 1.29 is 24.2 Å². The lowest BCUT2D eigenvalue weighted by atomic mass is 10.2. The van der Waals surface area contributed by atoms with E-state index in [-0.39, 0.29) is 18.2 Å². The molecular formula is C8H14O5. The molecule has 0 saturated heterocycles. The highest BCUT2D eigenvalue weighted by Crippen LogP contribution is 1.86. The molecule has 0 amide bonds. The van der Waals surface area contributed by atoms with Crippen LogP contribution in [0.1, 0.15) is 26.7 Å². The van der Waals surface area contributed by atoms with Gasteiger partial charge < -0.3 is 9.84 Å². The van der Waals surface area contributed by atoms with E-state index in [0.717, 1.165) is 0 Å². The van der Waals surface area contributed by atoms with Crippen LogP contribution in [0.3, 0.4) is 0 Å². The maximum Gasteiger partial charge on any atom is 0.310 e. The Morgan fingerprint density at radius 2 is 1.69 bits per heavy atom. The van der Waals surface area contributed by atoms with Crippen molar-refractivity contribution in [1.29, 1.82) is 0 Å². The monoisotopic (exact) mass is 190 g/mol. The fourth-order valence-corrected chi connectivity index (χ4v) is 0.294. The van der Waals surface area contributed by atoms with E-state index in [1.165, 1.54) is 14.0 Å². The van der Waals surface area contributed by atoms with Gasteiger partial charge in [0, 0.05) is 13.3 Å². The number of hydrogen-bond acceptors (Lipinski definition) is 4. The van der Waals surface area contributed by atoms with E-state index >= 15 is 0 Å². The van der Waals surface area contributed by atoms with Crippen LogP contribution >= 0.6 is 0 Å². The second kappa shape index (κ2) is 8.70. The minimum atomic E-state index is -1.04. The van der Waals surface area contributed by atoms with Crippen LogP contribution in [0.25, 0.3) is 0 Å². The summed E-state index contributed by atoms with van der Waals surface area (Å²) in [5.74, 6) is -1.51. The first-order valence-electron chi connectivity index (χ1n) is 3.72. The Labute approximate surface area is 76.7 Å². The quantitative estimate of drug-likeness (QED) is 0.521. The number of carboxylic acid groups (broad SMARTS) is 1. The molecule has 0 aliphatic carbocycles. The first-order chi connectivity index (χ1) is 5.93. The summed E-state index contributed by atoms with van der Waals surface area (Å²) in [5, 5.41) is 7.99. The van der Waals surface area contributed by atoms with Crippen LogP contribution in [-0.4, -0.2) is 29.9 Å². The summed E-state index contributed by atoms with van der Waals surface area (Å²) in [6, 6.07) is 0. The van der Waals surface area contributed by atoms with E-state index in [1.807, 2.05) is 0 Å². The van der Waals surface area contributed by atoms with E-state index in [1.54, 1.807) is 6.92 Å². The van der Waals surface area contributed by atoms with Gasteiger partial charge >= 0.3 is 11.9 Å². The Morgan fingerprint density at radius 3 is 1.77 bits per heavy atom. The molecule has 0 unspecified atom stereocenters. The molecule has 5 heteroatoms. The minimum Gasteiger partial charge on any atom is -0.481 e. The maximum atomic E-state index is 10.2. The van der Waals surface area contributed by atoms with Gasteiger partial charge in [-0.1, -0.05) is 6.92 Å². The molecule has 0 heterocycles. The average molecular weight is 190 g/mol. The van der Waals surface area contributed by atoms with Gasteiger partial charge in [0.05, 0.1) is 7.11 Å². The molecule has 13 heavy (non-hydrogen) atoms. The Balaban J connectivity index is 0. The second-order valence-electron chi connectivity index (χ2n) is 2.16. The van der Waals surface area contributed by atoms with Crippen molar-refractivity contribution >= 4 is 17.7 Å². The van der Waals surface area contributed by atoms with Crippen LogP contribution in [0, 0.1) is 0 Å². The lowest BCUT2D eigenvalue weighted by Gasteiger charge is -1.86.